The van der Waals surface area contributed by atoms with Crippen molar-refractivity contribution in [1.29, 1.82) is 0 Å². The highest BCUT2D eigenvalue weighted by molar-refractivity contribution is 7.90. The maximum Gasteiger partial charge on any atom is 0.321 e. The molecule has 0 saturated carbocycles. The minimum Gasteiger partial charge on any atom is -0.480 e. The summed E-state index contributed by atoms with van der Waals surface area (Å²) < 4.78 is 46.9. The molecule has 0 aromatic rings. The number of rotatable bonds is 10. The van der Waals surface area contributed by atoms with E-state index in [0.717, 1.165) is 25.6 Å². The number of carboxylic acid groups (broad SMARTS) is 2. The third-order valence-electron chi connectivity index (χ3n) is 3.52. The van der Waals surface area contributed by atoms with Crippen molar-refractivity contribution in [2.24, 2.45) is 0 Å². The van der Waals surface area contributed by atoms with Crippen LogP contribution in [0.1, 0.15) is 39.0 Å². The monoisotopic (exact) mass is 416 g/mol. The van der Waals surface area contributed by atoms with Crippen molar-refractivity contribution in [3.63, 3.8) is 0 Å². The largest absolute Gasteiger partial charge is 0.480 e. The Morgan fingerprint density at radius 1 is 1.19 bits per heavy atom. The van der Waals surface area contributed by atoms with Gasteiger partial charge in [-0.25, -0.2) is 21.6 Å². The minimum absolute atomic E-state index is 0.161. The number of hydrogen-bond donors (Lipinski definition) is 4. The van der Waals surface area contributed by atoms with Gasteiger partial charge in [-0.15, -0.1) is 0 Å². The standard InChI is InChI=1S/C9H19NO6S2.C5H9NO2/c1-3-4-6-18(15,16)10-8(9(11)12)5-7-17(2,13)14;7-5(8)4-2-1-3-6-4/h8,10H,3-7H2,1-2H3,(H,11,12);4,6H,1-3H2,(H,7,8)/t8-;4-/m00/s1. The molecule has 0 aliphatic carbocycles. The van der Waals surface area contributed by atoms with Crippen LogP contribution in [0, 0.1) is 0 Å². The number of sulfone groups is 1. The smallest absolute Gasteiger partial charge is 0.321 e. The Bertz CT molecular complexity index is 654. The summed E-state index contributed by atoms with van der Waals surface area (Å²) in [5, 5.41) is 20.0. The highest BCUT2D eigenvalue weighted by Gasteiger charge is 2.24. The van der Waals surface area contributed by atoms with Gasteiger partial charge in [0.25, 0.3) is 0 Å². The van der Waals surface area contributed by atoms with Gasteiger partial charge in [0.1, 0.15) is 21.9 Å². The molecule has 0 radical (unpaired) electrons. The molecule has 1 aliphatic rings. The SMILES string of the molecule is CCCCS(=O)(=O)N[C@@H](CCS(C)(=O)=O)C(=O)O.O=C(O)[C@@H]1CCCN1. The van der Waals surface area contributed by atoms with Crippen LogP contribution in [0.15, 0.2) is 0 Å². The number of carbonyl (C=O) groups is 2. The van der Waals surface area contributed by atoms with Crippen LogP contribution in [0.2, 0.25) is 0 Å². The van der Waals surface area contributed by atoms with Crippen molar-refractivity contribution >= 4 is 31.8 Å². The third kappa shape index (κ3) is 12.2. The molecule has 1 saturated heterocycles. The number of aliphatic carboxylic acids is 2. The maximum atomic E-state index is 11.5. The fraction of sp³-hybridized carbons (Fsp3) is 0.857. The summed E-state index contributed by atoms with van der Waals surface area (Å²) in [6, 6.07) is -1.67. The zero-order valence-corrected chi connectivity index (χ0v) is 16.6. The third-order valence-corrected chi connectivity index (χ3v) is 5.97. The molecule has 12 heteroatoms. The normalized spacial score (nSPS) is 18.6. The lowest BCUT2D eigenvalue weighted by atomic mass is 10.2. The molecule has 0 bridgehead atoms. The first-order valence-corrected chi connectivity index (χ1v) is 12.0. The average molecular weight is 417 g/mol. The highest BCUT2D eigenvalue weighted by Crippen LogP contribution is 2.03. The van der Waals surface area contributed by atoms with Gasteiger partial charge < -0.3 is 15.5 Å². The molecule has 0 aromatic carbocycles. The highest BCUT2D eigenvalue weighted by atomic mass is 32.2. The molecule has 26 heavy (non-hydrogen) atoms. The number of unbranched alkanes of at least 4 members (excludes halogenated alkanes) is 1. The Hall–Kier alpha value is -1.24. The van der Waals surface area contributed by atoms with Gasteiger partial charge in [0, 0.05) is 6.26 Å². The first-order valence-electron chi connectivity index (χ1n) is 8.24. The van der Waals surface area contributed by atoms with Crippen molar-refractivity contribution in [3.05, 3.63) is 0 Å². The molecular weight excluding hydrogens is 388 g/mol. The Labute approximate surface area is 154 Å². The van der Waals surface area contributed by atoms with Crippen LogP contribution in [0.5, 0.6) is 0 Å². The van der Waals surface area contributed by atoms with Gasteiger partial charge in [0.2, 0.25) is 10.0 Å². The molecule has 1 rings (SSSR count). The lowest BCUT2D eigenvalue weighted by Gasteiger charge is -2.14. The van der Waals surface area contributed by atoms with Crippen LogP contribution < -0.4 is 10.0 Å². The molecule has 0 aromatic heterocycles. The first-order chi connectivity index (χ1) is 11.9. The van der Waals surface area contributed by atoms with E-state index in [1.165, 1.54) is 0 Å². The number of carboxylic acids is 2. The second-order valence-electron chi connectivity index (χ2n) is 6.09. The topological polar surface area (TPSA) is 167 Å². The van der Waals surface area contributed by atoms with E-state index in [9.17, 15) is 26.4 Å². The van der Waals surface area contributed by atoms with Gasteiger partial charge in [-0.3, -0.25) is 9.59 Å². The van der Waals surface area contributed by atoms with Crippen molar-refractivity contribution in [3.8, 4) is 0 Å². The van der Waals surface area contributed by atoms with Crippen LogP contribution in [0.3, 0.4) is 0 Å². The summed E-state index contributed by atoms with van der Waals surface area (Å²) in [6.07, 6.45) is 3.57. The number of sulfonamides is 1. The van der Waals surface area contributed by atoms with Gasteiger partial charge in [0.05, 0.1) is 11.5 Å². The Morgan fingerprint density at radius 2 is 1.81 bits per heavy atom. The fourth-order valence-electron chi connectivity index (χ4n) is 2.07. The maximum absolute atomic E-state index is 11.5. The summed E-state index contributed by atoms with van der Waals surface area (Å²) in [7, 11) is -7.00. The average Bonchev–Trinajstić information content (AvgIpc) is 3.03. The number of nitrogens with one attached hydrogen (secondary N) is 2. The van der Waals surface area contributed by atoms with E-state index in [1.807, 2.05) is 11.6 Å². The Balaban J connectivity index is 0.000000642. The van der Waals surface area contributed by atoms with Crippen molar-refractivity contribution in [1.82, 2.24) is 10.0 Å². The van der Waals surface area contributed by atoms with E-state index >= 15 is 0 Å². The van der Waals surface area contributed by atoms with Gasteiger partial charge in [-0.1, -0.05) is 13.3 Å². The quantitative estimate of drug-likeness (QED) is 0.364. The van der Waals surface area contributed by atoms with Crippen LogP contribution >= 0.6 is 0 Å². The molecule has 0 spiro atoms. The lowest BCUT2D eigenvalue weighted by molar-refractivity contribution is -0.139. The molecular formula is C14H28N2O8S2. The van der Waals surface area contributed by atoms with E-state index in [-0.39, 0.29) is 24.0 Å². The van der Waals surface area contributed by atoms with Gasteiger partial charge in [-0.05, 0) is 32.2 Å². The lowest BCUT2D eigenvalue weighted by Crippen LogP contribution is -2.42. The summed E-state index contributed by atoms with van der Waals surface area (Å²) in [6.45, 7) is 2.67. The molecule has 0 unspecified atom stereocenters. The summed E-state index contributed by atoms with van der Waals surface area (Å²) >= 11 is 0. The van der Waals surface area contributed by atoms with Crippen LogP contribution in [-0.2, 0) is 29.4 Å². The summed E-state index contributed by atoms with van der Waals surface area (Å²) in [5.74, 6) is -2.63. The molecule has 2 atom stereocenters. The molecule has 0 amide bonds. The zero-order chi connectivity index (χ0) is 20.4. The Kier molecular flexibility index (Phi) is 10.9. The molecule has 1 heterocycles. The van der Waals surface area contributed by atoms with Gasteiger partial charge in [0.15, 0.2) is 0 Å². The minimum atomic E-state index is -3.68. The van der Waals surface area contributed by atoms with E-state index in [0.29, 0.717) is 12.8 Å². The van der Waals surface area contributed by atoms with Crippen LogP contribution in [-0.4, -0.2) is 75.4 Å². The number of hydrogen-bond acceptors (Lipinski definition) is 7. The van der Waals surface area contributed by atoms with E-state index < -0.39 is 37.8 Å². The second-order valence-corrected chi connectivity index (χ2v) is 10.2. The van der Waals surface area contributed by atoms with Crippen LogP contribution in [0.4, 0.5) is 0 Å². The van der Waals surface area contributed by atoms with Gasteiger partial charge >= 0.3 is 11.9 Å². The first kappa shape index (κ1) is 24.8. The summed E-state index contributed by atoms with van der Waals surface area (Å²) in [5.41, 5.74) is 0. The fourth-order valence-corrected chi connectivity index (χ4v) is 4.17. The van der Waals surface area contributed by atoms with E-state index in [1.54, 1.807) is 0 Å². The molecule has 154 valence electrons. The second kappa shape index (κ2) is 11.5. The molecule has 1 fully saturated rings. The zero-order valence-electron chi connectivity index (χ0n) is 15.0. The Morgan fingerprint density at radius 3 is 2.15 bits per heavy atom. The summed E-state index contributed by atoms with van der Waals surface area (Å²) in [4.78, 5) is 21.0. The predicted molar refractivity (Wildman–Crippen MR) is 96.2 cm³/mol. The van der Waals surface area contributed by atoms with Crippen molar-refractivity contribution < 1.29 is 36.6 Å². The van der Waals surface area contributed by atoms with E-state index in [2.05, 4.69) is 5.32 Å². The predicted octanol–water partition coefficient (Wildman–Crippen LogP) is -0.583. The van der Waals surface area contributed by atoms with Gasteiger partial charge in [-0.2, -0.15) is 0 Å². The van der Waals surface area contributed by atoms with Crippen molar-refractivity contribution in [2.45, 2.75) is 51.1 Å². The van der Waals surface area contributed by atoms with Crippen molar-refractivity contribution in [2.75, 3.05) is 24.3 Å². The van der Waals surface area contributed by atoms with Crippen LogP contribution in [0.25, 0.3) is 0 Å². The van der Waals surface area contributed by atoms with E-state index in [4.69, 9.17) is 10.2 Å². The molecule has 4 N–H and O–H groups in total. The molecule has 1 aliphatic heterocycles. The molecule has 10 nitrogen and oxygen atoms in total.